The van der Waals surface area contributed by atoms with E-state index in [2.05, 4.69) is 21.3 Å². The summed E-state index contributed by atoms with van der Waals surface area (Å²) >= 11 is 0. The fraction of sp³-hybridized carbons (Fsp3) is 0.182. The molecule has 140 valence electrons. The third-order valence-electron chi connectivity index (χ3n) is 5.56. The molecule has 0 spiro atoms. The fourth-order valence-corrected chi connectivity index (χ4v) is 4.29. The van der Waals surface area contributed by atoms with E-state index in [0.29, 0.717) is 23.7 Å². The number of fused-ring (bicyclic) bond motifs is 3. The van der Waals surface area contributed by atoms with Crippen LogP contribution in [0.3, 0.4) is 0 Å². The van der Waals surface area contributed by atoms with Crippen molar-refractivity contribution in [3.8, 4) is 0 Å². The number of anilines is 1. The van der Waals surface area contributed by atoms with Crippen molar-refractivity contribution >= 4 is 34.0 Å². The highest BCUT2D eigenvalue weighted by Gasteiger charge is 2.37. The Labute approximate surface area is 162 Å². The maximum Gasteiger partial charge on any atom is 0.275 e. The normalized spacial score (nSPS) is 18.7. The Morgan fingerprint density at radius 1 is 1.04 bits per heavy atom. The van der Waals surface area contributed by atoms with Crippen LogP contribution in [-0.2, 0) is 22.6 Å². The van der Waals surface area contributed by atoms with Gasteiger partial charge in [0.05, 0.1) is 5.57 Å². The molecular weight excluding hydrogens is 352 g/mol. The summed E-state index contributed by atoms with van der Waals surface area (Å²) in [6, 6.07) is 17.4. The Hall–Kier alpha value is -3.38. The maximum atomic E-state index is 12.8. The first-order chi connectivity index (χ1) is 13.7. The van der Waals surface area contributed by atoms with E-state index in [1.165, 1.54) is 0 Å². The summed E-state index contributed by atoms with van der Waals surface area (Å²) in [4.78, 5) is 25.4. The summed E-state index contributed by atoms with van der Waals surface area (Å²) in [5.41, 5.74) is 10.4. The Bertz CT molecular complexity index is 1140. The Kier molecular flexibility index (Phi) is 3.80. The number of carbonyl (C=O) groups excluding carboxylic acids is 2. The van der Waals surface area contributed by atoms with E-state index in [0.717, 1.165) is 40.8 Å². The number of benzene rings is 2. The van der Waals surface area contributed by atoms with Gasteiger partial charge in [-0.2, -0.15) is 0 Å². The van der Waals surface area contributed by atoms with Crippen molar-refractivity contribution in [1.29, 1.82) is 0 Å². The summed E-state index contributed by atoms with van der Waals surface area (Å²) in [5, 5.41) is 6.60. The zero-order valence-corrected chi connectivity index (χ0v) is 15.2. The van der Waals surface area contributed by atoms with Crippen LogP contribution in [0.4, 0.5) is 5.69 Å². The number of aromatic nitrogens is 1. The van der Waals surface area contributed by atoms with Crippen LogP contribution in [0.15, 0.2) is 60.3 Å². The van der Waals surface area contributed by atoms with Gasteiger partial charge in [0, 0.05) is 34.4 Å². The number of hydrogen-bond donors (Lipinski definition) is 3. The van der Waals surface area contributed by atoms with E-state index in [1.807, 2.05) is 48.5 Å². The van der Waals surface area contributed by atoms with Gasteiger partial charge in [0.1, 0.15) is 5.70 Å². The lowest BCUT2D eigenvalue weighted by Gasteiger charge is -2.09. The van der Waals surface area contributed by atoms with Gasteiger partial charge in [-0.1, -0.05) is 36.4 Å². The zero-order valence-electron chi connectivity index (χ0n) is 15.2. The van der Waals surface area contributed by atoms with Crippen LogP contribution in [0.5, 0.6) is 0 Å². The van der Waals surface area contributed by atoms with Crippen LogP contribution in [0.2, 0.25) is 0 Å². The molecule has 1 aromatic heterocycles. The van der Waals surface area contributed by atoms with Crippen LogP contribution in [0.25, 0.3) is 16.5 Å². The second kappa shape index (κ2) is 6.35. The van der Waals surface area contributed by atoms with Crippen molar-refractivity contribution < 1.29 is 9.59 Å². The smallest absolute Gasteiger partial charge is 0.275 e. The van der Waals surface area contributed by atoms with E-state index in [9.17, 15) is 9.59 Å². The van der Waals surface area contributed by atoms with E-state index < -0.39 is 5.91 Å². The van der Waals surface area contributed by atoms with E-state index in [1.54, 1.807) is 0 Å². The average molecular weight is 372 g/mol. The molecule has 2 aromatic carbocycles. The predicted octanol–water partition coefficient (Wildman–Crippen LogP) is 2.25. The number of nitrogens with two attached hydrogens (primary N) is 1. The van der Waals surface area contributed by atoms with Crippen molar-refractivity contribution in [2.75, 3.05) is 11.9 Å². The van der Waals surface area contributed by atoms with E-state index >= 15 is 0 Å². The molecule has 3 aromatic rings. The third kappa shape index (κ3) is 2.46. The van der Waals surface area contributed by atoms with Crippen molar-refractivity contribution in [2.24, 2.45) is 11.7 Å². The third-order valence-corrected chi connectivity index (χ3v) is 5.56. The summed E-state index contributed by atoms with van der Waals surface area (Å²) < 4.78 is 2.24. The molecule has 28 heavy (non-hydrogen) atoms. The molecule has 6 heteroatoms. The molecule has 6 nitrogen and oxygen atoms in total. The molecule has 5 rings (SSSR count). The van der Waals surface area contributed by atoms with Crippen molar-refractivity contribution in [1.82, 2.24) is 9.88 Å². The molecule has 0 fully saturated rings. The Morgan fingerprint density at radius 2 is 1.79 bits per heavy atom. The minimum Gasteiger partial charge on any atom is -0.350 e. The van der Waals surface area contributed by atoms with Gasteiger partial charge >= 0.3 is 0 Å². The molecule has 3 heterocycles. The Morgan fingerprint density at radius 3 is 2.57 bits per heavy atom. The van der Waals surface area contributed by atoms with Crippen LogP contribution in [-0.4, -0.2) is 22.9 Å². The van der Waals surface area contributed by atoms with E-state index in [4.69, 9.17) is 5.73 Å². The molecule has 0 saturated heterocycles. The second-order valence-electron chi connectivity index (χ2n) is 7.28. The molecule has 0 unspecified atom stereocenters. The molecule has 0 aliphatic carbocycles. The average Bonchev–Trinajstić information content (AvgIpc) is 3.34. The number of nitrogens with one attached hydrogen (secondary N) is 2. The number of nitrogens with zero attached hydrogens (tertiary/aromatic N) is 1. The van der Waals surface area contributed by atoms with Gasteiger partial charge < -0.3 is 15.6 Å². The molecule has 0 bridgehead atoms. The molecule has 0 saturated carbocycles. The first kappa shape index (κ1) is 16.8. The first-order valence-electron chi connectivity index (χ1n) is 9.40. The quantitative estimate of drug-likeness (QED) is 0.613. The van der Waals surface area contributed by atoms with E-state index in [-0.39, 0.29) is 5.91 Å². The number of rotatable bonds is 4. The zero-order chi connectivity index (χ0) is 19.3. The lowest BCUT2D eigenvalue weighted by atomic mass is 9.96. The highest BCUT2D eigenvalue weighted by Crippen LogP contribution is 2.39. The standard InChI is InChI=1S/C22H20N4O2/c23-11-13-10-17-18(15-8-4-5-9-16(15)26(17)12-13)19-20(22(28)25-21(19)27)24-14-6-2-1-3-7-14/h1-9,13H,10-12,23H2,(H2,24,25,27,28)/t13-/m1/s1. The Balaban J connectivity index is 1.74. The largest absolute Gasteiger partial charge is 0.350 e. The number of para-hydroxylation sites is 2. The minimum absolute atomic E-state index is 0.298. The summed E-state index contributed by atoms with van der Waals surface area (Å²) in [7, 11) is 0. The van der Waals surface area contributed by atoms with Crippen LogP contribution in [0, 0.1) is 5.92 Å². The highest BCUT2D eigenvalue weighted by atomic mass is 16.2. The van der Waals surface area contributed by atoms with Gasteiger partial charge in [-0.05, 0) is 37.1 Å². The molecule has 2 aliphatic heterocycles. The molecule has 2 aliphatic rings. The lowest BCUT2D eigenvalue weighted by Crippen LogP contribution is -2.24. The van der Waals surface area contributed by atoms with Crippen LogP contribution >= 0.6 is 0 Å². The van der Waals surface area contributed by atoms with Gasteiger partial charge in [0.2, 0.25) is 0 Å². The summed E-state index contributed by atoms with van der Waals surface area (Å²) in [6.07, 6.45) is 0.796. The fourth-order valence-electron chi connectivity index (χ4n) is 4.29. The SMILES string of the molecule is NC[C@H]1Cc2c(C3=C(Nc4ccccc4)C(=O)NC3=O)c3ccccc3n2C1. The molecule has 2 amide bonds. The topological polar surface area (TPSA) is 89.2 Å². The number of carbonyl (C=O) groups is 2. The van der Waals surface area contributed by atoms with Crippen molar-refractivity contribution in [3.63, 3.8) is 0 Å². The van der Waals surface area contributed by atoms with Crippen molar-refractivity contribution in [2.45, 2.75) is 13.0 Å². The molecule has 1 atom stereocenters. The molecule has 0 radical (unpaired) electrons. The van der Waals surface area contributed by atoms with Gasteiger partial charge in [-0.3, -0.25) is 14.9 Å². The predicted molar refractivity (Wildman–Crippen MR) is 108 cm³/mol. The molecule has 4 N–H and O–H groups in total. The summed E-state index contributed by atoms with van der Waals surface area (Å²) in [6.45, 7) is 1.42. The van der Waals surface area contributed by atoms with Gasteiger partial charge in [-0.15, -0.1) is 0 Å². The lowest BCUT2D eigenvalue weighted by molar-refractivity contribution is -0.123. The van der Waals surface area contributed by atoms with Gasteiger partial charge in [-0.25, -0.2) is 0 Å². The number of hydrogen-bond acceptors (Lipinski definition) is 4. The number of amides is 2. The maximum absolute atomic E-state index is 12.8. The minimum atomic E-state index is -0.402. The first-order valence-corrected chi connectivity index (χ1v) is 9.40. The van der Waals surface area contributed by atoms with Crippen LogP contribution < -0.4 is 16.4 Å². The number of imide groups is 1. The highest BCUT2D eigenvalue weighted by molar-refractivity contribution is 6.38. The summed E-state index contributed by atoms with van der Waals surface area (Å²) in [5.74, 6) is -0.426. The van der Waals surface area contributed by atoms with Crippen molar-refractivity contribution in [3.05, 3.63) is 71.6 Å². The van der Waals surface area contributed by atoms with Gasteiger partial charge in [0.15, 0.2) is 0 Å². The molecular formula is C22H20N4O2. The van der Waals surface area contributed by atoms with Crippen LogP contribution in [0.1, 0.15) is 11.3 Å². The monoisotopic (exact) mass is 372 g/mol. The second-order valence-corrected chi connectivity index (χ2v) is 7.28. The van der Waals surface area contributed by atoms with Gasteiger partial charge in [0.25, 0.3) is 11.8 Å².